The molecule has 0 atom stereocenters. The van der Waals surface area contributed by atoms with Gasteiger partial charge in [-0.2, -0.15) is 5.10 Å². The van der Waals surface area contributed by atoms with Gasteiger partial charge in [-0.15, -0.1) is 0 Å². The fourth-order valence-corrected chi connectivity index (χ4v) is 1.15. The first-order valence-corrected chi connectivity index (χ1v) is 5.23. The van der Waals surface area contributed by atoms with E-state index in [1.807, 2.05) is 0 Å². The van der Waals surface area contributed by atoms with Crippen molar-refractivity contribution < 1.29 is 15.0 Å². The van der Waals surface area contributed by atoms with Gasteiger partial charge in [0, 0.05) is 6.42 Å². The fraction of sp³-hybridized carbons (Fsp3) is 0.800. The molecule has 0 heterocycles. The van der Waals surface area contributed by atoms with Crippen LogP contribution in [0.1, 0.15) is 40.0 Å². The van der Waals surface area contributed by atoms with Crippen LogP contribution >= 0.6 is 0 Å². The lowest BCUT2D eigenvalue weighted by atomic mass is 9.92. The molecule has 0 aromatic carbocycles. The van der Waals surface area contributed by atoms with E-state index in [4.69, 9.17) is 5.11 Å². The number of hydrogen-bond acceptors (Lipinski definition) is 4. The highest BCUT2D eigenvalue weighted by molar-refractivity contribution is 5.94. The Labute approximate surface area is 90.2 Å². The fourth-order valence-electron chi connectivity index (χ4n) is 1.15. The zero-order chi connectivity index (χ0) is 11.9. The molecular weight excluding hydrogens is 196 g/mol. The maximum absolute atomic E-state index is 11.0. The molecule has 0 aliphatic carbocycles. The molecule has 0 aliphatic heterocycles. The van der Waals surface area contributed by atoms with E-state index < -0.39 is 5.60 Å². The van der Waals surface area contributed by atoms with E-state index in [9.17, 15) is 9.90 Å². The van der Waals surface area contributed by atoms with Crippen molar-refractivity contribution in [1.29, 1.82) is 0 Å². The van der Waals surface area contributed by atoms with E-state index in [-0.39, 0.29) is 18.2 Å². The number of rotatable bonds is 6. The summed E-state index contributed by atoms with van der Waals surface area (Å²) in [5.74, 6) is -0.240. The number of carbonyl (C=O) groups is 1. The first kappa shape index (κ1) is 14.1. The van der Waals surface area contributed by atoms with Gasteiger partial charge in [-0.1, -0.05) is 20.8 Å². The second-order valence-electron chi connectivity index (χ2n) is 3.34. The molecule has 5 heteroatoms. The largest absolute Gasteiger partial charge is 0.390 e. The van der Waals surface area contributed by atoms with Crippen molar-refractivity contribution >= 4 is 11.6 Å². The molecule has 0 rings (SSSR count). The Balaban J connectivity index is 4.65. The van der Waals surface area contributed by atoms with Gasteiger partial charge in [-0.25, -0.2) is 5.43 Å². The van der Waals surface area contributed by atoms with Gasteiger partial charge in [0.05, 0.1) is 12.3 Å². The molecule has 0 aromatic rings. The highest BCUT2D eigenvalue weighted by Crippen LogP contribution is 2.16. The first-order chi connectivity index (χ1) is 7.03. The van der Waals surface area contributed by atoms with E-state index in [2.05, 4.69) is 10.5 Å². The highest BCUT2D eigenvalue weighted by Gasteiger charge is 2.29. The van der Waals surface area contributed by atoms with Crippen LogP contribution < -0.4 is 5.43 Å². The maximum atomic E-state index is 11.0. The number of aliphatic hydroxyl groups is 2. The molecule has 1 amide bonds. The molecule has 3 N–H and O–H groups in total. The smallest absolute Gasteiger partial charge is 0.239 e. The summed E-state index contributed by atoms with van der Waals surface area (Å²) in [4.78, 5) is 11.0. The second-order valence-corrected chi connectivity index (χ2v) is 3.34. The van der Waals surface area contributed by atoms with Crippen LogP contribution in [-0.2, 0) is 4.79 Å². The average molecular weight is 216 g/mol. The van der Waals surface area contributed by atoms with E-state index in [1.54, 1.807) is 20.8 Å². The van der Waals surface area contributed by atoms with Crippen molar-refractivity contribution in [2.24, 2.45) is 5.10 Å². The van der Waals surface area contributed by atoms with Crippen LogP contribution in [0, 0.1) is 0 Å². The van der Waals surface area contributed by atoms with Crippen LogP contribution in [0.2, 0.25) is 0 Å². The lowest BCUT2D eigenvalue weighted by Gasteiger charge is -2.25. The molecule has 0 aliphatic rings. The Hall–Kier alpha value is -0.940. The lowest BCUT2D eigenvalue weighted by molar-refractivity contribution is -0.120. The summed E-state index contributed by atoms with van der Waals surface area (Å²) in [7, 11) is 0. The predicted octanol–water partition coefficient (Wildman–Crippen LogP) is 0.412. The Morgan fingerprint density at radius 3 is 2.20 bits per heavy atom. The van der Waals surface area contributed by atoms with Gasteiger partial charge in [-0.05, 0) is 12.8 Å². The third kappa shape index (κ3) is 3.97. The summed E-state index contributed by atoms with van der Waals surface area (Å²) >= 11 is 0. The summed E-state index contributed by atoms with van der Waals surface area (Å²) in [5, 5.41) is 22.8. The number of hydrazone groups is 1. The van der Waals surface area contributed by atoms with Crippen LogP contribution in [0.3, 0.4) is 0 Å². The number of carbonyl (C=O) groups excluding carboxylic acids is 1. The number of hydrogen-bond donors (Lipinski definition) is 3. The van der Waals surface area contributed by atoms with Gasteiger partial charge >= 0.3 is 0 Å². The van der Waals surface area contributed by atoms with Gasteiger partial charge in [0.2, 0.25) is 5.91 Å². The van der Waals surface area contributed by atoms with E-state index in [1.165, 1.54) is 0 Å². The SMILES string of the molecule is CCC(=O)N/N=C(\CO)C(O)(CC)CC. The van der Waals surface area contributed by atoms with Gasteiger partial charge in [0.25, 0.3) is 0 Å². The molecule has 0 unspecified atom stereocenters. The monoisotopic (exact) mass is 216 g/mol. The molecule has 0 saturated heterocycles. The van der Waals surface area contributed by atoms with Crippen molar-refractivity contribution in [2.45, 2.75) is 45.6 Å². The van der Waals surface area contributed by atoms with Gasteiger partial charge in [-0.3, -0.25) is 4.79 Å². The van der Waals surface area contributed by atoms with E-state index in [0.29, 0.717) is 19.3 Å². The van der Waals surface area contributed by atoms with Crippen LogP contribution in [0.4, 0.5) is 0 Å². The molecule has 0 bridgehead atoms. The third-order valence-electron chi connectivity index (χ3n) is 2.49. The number of nitrogens with one attached hydrogen (secondary N) is 1. The van der Waals surface area contributed by atoms with Crippen LogP contribution in [0.25, 0.3) is 0 Å². The van der Waals surface area contributed by atoms with Crippen molar-refractivity contribution in [3.8, 4) is 0 Å². The Kier molecular flexibility index (Phi) is 6.12. The molecule has 0 saturated carbocycles. The van der Waals surface area contributed by atoms with Crippen molar-refractivity contribution in [3.63, 3.8) is 0 Å². The summed E-state index contributed by atoms with van der Waals surface area (Å²) < 4.78 is 0. The van der Waals surface area contributed by atoms with Crippen molar-refractivity contribution in [3.05, 3.63) is 0 Å². The van der Waals surface area contributed by atoms with Gasteiger partial charge in [0.15, 0.2) is 0 Å². The van der Waals surface area contributed by atoms with Crippen molar-refractivity contribution in [1.82, 2.24) is 5.43 Å². The minimum atomic E-state index is -1.13. The molecule has 0 aromatic heterocycles. The minimum Gasteiger partial charge on any atom is -0.390 e. The summed E-state index contributed by atoms with van der Waals surface area (Å²) in [6.07, 6.45) is 1.22. The predicted molar refractivity (Wildman–Crippen MR) is 58.5 cm³/mol. The lowest BCUT2D eigenvalue weighted by Crippen LogP contribution is -2.41. The first-order valence-electron chi connectivity index (χ1n) is 5.23. The van der Waals surface area contributed by atoms with Crippen LogP contribution in [0.15, 0.2) is 5.10 Å². The quantitative estimate of drug-likeness (QED) is 0.444. The molecule has 0 radical (unpaired) electrons. The van der Waals surface area contributed by atoms with E-state index in [0.717, 1.165) is 0 Å². The topological polar surface area (TPSA) is 81.9 Å². The summed E-state index contributed by atoms with van der Waals surface area (Å²) in [6, 6.07) is 0. The Bertz CT molecular complexity index is 235. The Morgan fingerprint density at radius 2 is 1.87 bits per heavy atom. The van der Waals surface area contributed by atoms with E-state index >= 15 is 0 Å². The van der Waals surface area contributed by atoms with Crippen LogP contribution in [0.5, 0.6) is 0 Å². The normalized spacial score (nSPS) is 12.7. The molecule has 88 valence electrons. The number of aliphatic hydroxyl groups excluding tert-OH is 1. The Morgan fingerprint density at radius 1 is 1.33 bits per heavy atom. The van der Waals surface area contributed by atoms with Crippen LogP contribution in [-0.4, -0.2) is 34.0 Å². The third-order valence-corrected chi connectivity index (χ3v) is 2.49. The van der Waals surface area contributed by atoms with Gasteiger partial charge < -0.3 is 10.2 Å². The standard InChI is InChI=1S/C10H20N2O3/c1-4-9(14)12-11-8(7-13)10(15,5-2)6-3/h13,15H,4-7H2,1-3H3,(H,12,14)/b11-8+. The number of amides is 1. The maximum Gasteiger partial charge on any atom is 0.239 e. The second kappa shape index (κ2) is 6.53. The molecule has 15 heavy (non-hydrogen) atoms. The summed E-state index contributed by atoms with van der Waals surface area (Å²) in [6.45, 7) is 4.95. The average Bonchev–Trinajstić information content (AvgIpc) is 2.28. The molecule has 0 spiro atoms. The number of nitrogens with zero attached hydrogens (tertiary/aromatic N) is 1. The zero-order valence-electron chi connectivity index (χ0n) is 9.58. The van der Waals surface area contributed by atoms with Gasteiger partial charge in [0.1, 0.15) is 5.60 Å². The van der Waals surface area contributed by atoms with Crippen molar-refractivity contribution in [2.75, 3.05) is 6.61 Å². The molecular formula is C10H20N2O3. The molecule has 5 nitrogen and oxygen atoms in total. The zero-order valence-corrected chi connectivity index (χ0v) is 9.58. The summed E-state index contributed by atoms with van der Waals surface area (Å²) in [5.41, 5.74) is 1.36. The minimum absolute atomic E-state index is 0.203. The highest BCUT2D eigenvalue weighted by atomic mass is 16.3. The molecule has 0 fully saturated rings.